The summed E-state index contributed by atoms with van der Waals surface area (Å²) in [5.41, 5.74) is 1.18. The third kappa shape index (κ3) is 3.23. The Hall–Kier alpha value is -1.53. The minimum Gasteiger partial charge on any atom is -0.508 e. The van der Waals surface area contributed by atoms with Crippen LogP contribution in [-0.4, -0.2) is 15.3 Å². The Morgan fingerprint density at radius 1 is 1.09 bits per heavy atom. The second-order valence-electron chi connectivity index (χ2n) is 4.67. The average molecular weight is 382 g/mol. The maximum Gasteiger partial charge on any atom is 0.270 e. The van der Waals surface area contributed by atoms with Crippen molar-refractivity contribution in [3.63, 3.8) is 0 Å². The molecule has 3 nitrogen and oxygen atoms in total. The number of thiocarbonyl (C=S) groups is 1. The van der Waals surface area contributed by atoms with Crippen LogP contribution in [0.25, 0.3) is 6.08 Å². The van der Waals surface area contributed by atoms with Gasteiger partial charge in [-0.15, -0.1) is 0 Å². The van der Waals surface area contributed by atoms with Crippen molar-refractivity contribution in [2.24, 2.45) is 0 Å². The van der Waals surface area contributed by atoms with Gasteiger partial charge in [0.1, 0.15) is 5.75 Å². The smallest absolute Gasteiger partial charge is 0.270 e. The fourth-order valence-electron chi connectivity index (χ4n) is 2.07. The SMILES string of the molecule is O=C1/C(=C\c2c(Cl)cccc2Cl)SC(=S)N1c1ccc(O)cc1. The summed E-state index contributed by atoms with van der Waals surface area (Å²) in [6, 6.07) is 11.4. The molecule has 0 aliphatic carbocycles. The molecule has 7 heteroatoms. The molecule has 1 saturated heterocycles. The van der Waals surface area contributed by atoms with E-state index < -0.39 is 0 Å². The highest BCUT2D eigenvalue weighted by atomic mass is 35.5. The molecule has 2 aromatic rings. The van der Waals surface area contributed by atoms with Crippen molar-refractivity contribution >= 4 is 69.2 Å². The lowest BCUT2D eigenvalue weighted by Crippen LogP contribution is -2.27. The zero-order chi connectivity index (χ0) is 16.6. The number of amides is 1. The number of rotatable bonds is 2. The Labute approximate surface area is 152 Å². The van der Waals surface area contributed by atoms with Crippen LogP contribution < -0.4 is 4.90 Å². The van der Waals surface area contributed by atoms with Gasteiger partial charge in [0.15, 0.2) is 4.32 Å². The lowest BCUT2D eigenvalue weighted by Gasteiger charge is -2.14. The zero-order valence-electron chi connectivity index (χ0n) is 11.5. The van der Waals surface area contributed by atoms with Crippen LogP contribution in [-0.2, 0) is 4.79 Å². The summed E-state index contributed by atoms with van der Waals surface area (Å²) in [7, 11) is 0. The predicted octanol–water partition coefficient (Wildman–Crippen LogP) is 5.10. The van der Waals surface area contributed by atoms with E-state index in [4.69, 9.17) is 35.4 Å². The largest absolute Gasteiger partial charge is 0.508 e. The minimum absolute atomic E-state index is 0.123. The number of phenols is 1. The summed E-state index contributed by atoms with van der Waals surface area (Å²) in [6.45, 7) is 0. The number of hydrogen-bond donors (Lipinski definition) is 1. The Bertz CT molecular complexity index is 814. The molecule has 0 bridgehead atoms. The second kappa shape index (κ2) is 6.53. The van der Waals surface area contributed by atoms with Gasteiger partial charge in [-0.2, -0.15) is 0 Å². The molecule has 1 N–H and O–H groups in total. The predicted molar refractivity (Wildman–Crippen MR) is 100 cm³/mol. The van der Waals surface area contributed by atoms with Crippen LogP contribution in [0, 0.1) is 0 Å². The number of thioether (sulfide) groups is 1. The summed E-state index contributed by atoms with van der Waals surface area (Å²) in [6.07, 6.45) is 1.64. The molecule has 116 valence electrons. The van der Waals surface area contributed by atoms with Crippen molar-refractivity contribution in [2.45, 2.75) is 0 Å². The first-order valence-corrected chi connectivity index (χ1v) is 8.46. The van der Waals surface area contributed by atoms with Crippen molar-refractivity contribution < 1.29 is 9.90 Å². The highest BCUT2D eigenvalue weighted by Gasteiger charge is 2.33. The fraction of sp³-hybridized carbons (Fsp3) is 0. The van der Waals surface area contributed by atoms with E-state index in [0.717, 1.165) is 0 Å². The van der Waals surface area contributed by atoms with Crippen LogP contribution in [0.15, 0.2) is 47.4 Å². The number of phenolic OH excluding ortho intramolecular Hbond substituents is 1. The van der Waals surface area contributed by atoms with Gasteiger partial charge in [-0.25, -0.2) is 0 Å². The highest BCUT2D eigenvalue weighted by molar-refractivity contribution is 8.27. The highest BCUT2D eigenvalue weighted by Crippen LogP contribution is 2.38. The molecule has 0 radical (unpaired) electrons. The molecule has 3 rings (SSSR count). The van der Waals surface area contributed by atoms with Gasteiger partial charge in [-0.05, 0) is 42.5 Å². The fourth-order valence-corrected chi connectivity index (χ4v) is 3.86. The quantitative estimate of drug-likeness (QED) is 0.579. The lowest BCUT2D eigenvalue weighted by molar-refractivity contribution is -0.113. The van der Waals surface area contributed by atoms with Gasteiger partial charge in [0.05, 0.1) is 10.6 Å². The van der Waals surface area contributed by atoms with E-state index in [2.05, 4.69) is 0 Å². The Balaban J connectivity index is 1.98. The van der Waals surface area contributed by atoms with Gasteiger partial charge < -0.3 is 5.11 Å². The lowest BCUT2D eigenvalue weighted by atomic mass is 10.2. The maximum atomic E-state index is 12.6. The Morgan fingerprint density at radius 3 is 2.30 bits per heavy atom. The molecule has 1 aliphatic heterocycles. The second-order valence-corrected chi connectivity index (χ2v) is 7.16. The molecule has 23 heavy (non-hydrogen) atoms. The van der Waals surface area contributed by atoms with Gasteiger partial charge >= 0.3 is 0 Å². The van der Waals surface area contributed by atoms with Gasteiger partial charge in [-0.1, -0.05) is 53.2 Å². The minimum atomic E-state index is -0.248. The normalized spacial score (nSPS) is 16.4. The van der Waals surface area contributed by atoms with Crippen molar-refractivity contribution in [2.75, 3.05) is 4.90 Å². The summed E-state index contributed by atoms with van der Waals surface area (Å²) in [4.78, 5) is 14.5. The third-order valence-electron chi connectivity index (χ3n) is 3.18. The number of anilines is 1. The van der Waals surface area contributed by atoms with Crippen LogP contribution in [0.3, 0.4) is 0 Å². The molecule has 0 unspecified atom stereocenters. The molecular weight excluding hydrogens is 373 g/mol. The first-order valence-electron chi connectivity index (χ1n) is 6.48. The summed E-state index contributed by atoms with van der Waals surface area (Å²) in [5.74, 6) is -0.126. The molecule has 0 aromatic heterocycles. The van der Waals surface area contributed by atoms with Crippen LogP contribution in [0.1, 0.15) is 5.56 Å². The van der Waals surface area contributed by atoms with E-state index in [9.17, 15) is 9.90 Å². The maximum absolute atomic E-state index is 12.6. The van der Waals surface area contributed by atoms with Crippen LogP contribution in [0.5, 0.6) is 5.75 Å². The van der Waals surface area contributed by atoms with E-state index in [-0.39, 0.29) is 11.7 Å². The van der Waals surface area contributed by atoms with Gasteiger partial charge in [-0.3, -0.25) is 9.69 Å². The summed E-state index contributed by atoms with van der Waals surface area (Å²) >= 11 is 18.8. The molecule has 1 aliphatic rings. The van der Waals surface area contributed by atoms with Crippen molar-refractivity contribution in [3.8, 4) is 5.75 Å². The Kier molecular flexibility index (Phi) is 4.64. The van der Waals surface area contributed by atoms with Crippen molar-refractivity contribution in [1.82, 2.24) is 0 Å². The van der Waals surface area contributed by atoms with E-state index in [0.29, 0.717) is 30.5 Å². The van der Waals surface area contributed by atoms with Crippen LogP contribution >= 0.6 is 47.2 Å². The first-order chi connectivity index (χ1) is 11.0. The summed E-state index contributed by atoms with van der Waals surface area (Å²) < 4.78 is 0.412. The molecule has 2 aromatic carbocycles. The molecule has 1 heterocycles. The molecule has 1 fully saturated rings. The van der Waals surface area contributed by atoms with Gasteiger partial charge in [0.25, 0.3) is 5.91 Å². The number of carbonyl (C=O) groups is 1. The van der Waals surface area contributed by atoms with E-state index in [1.807, 2.05) is 0 Å². The van der Waals surface area contributed by atoms with Crippen molar-refractivity contribution in [1.29, 1.82) is 0 Å². The molecule has 0 spiro atoms. The van der Waals surface area contributed by atoms with Gasteiger partial charge in [0.2, 0.25) is 0 Å². The number of benzene rings is 2. The standard InChI is InChI=1S/C16H9Cl2NO2S2/c17-12-2-1-3-13(18)11(12)8-14-15(21)19(16(22)23-14)9-4-6-10(20)7-5-9/h1-8,20H/b14-8+. The number of hydrogen-bond acceptors (Lipinski definition) is 4. The Morgan fingerprint density at radius 2 is 1.70 bits per heavy atom. The van der Waals surface area contributed by atoms with Crippen LogP contribution in [0.4, 0.5) is 5.69 Å². The third-order valence-corrected chi connectivity index (χ3v) is 5.14. The summed E-state index contributed by atoms with van der Waals surface area (Å²) in [5, 5.41) is 10.3. The van der Waals surface area contributed by atoms with Crippen molar-refractivity contribution in [3.05, 3.63) is 63.0 Å². The average Bonchev–Trinajstić information content (AvgIpc) is 2.79. The number of halogens is 2. The van der Waals surface area contributed by atoms with E-state index in [1.165, 1.54) is 28.8 Å². The van der Waals surface area contributed by atoms with E-state index >= 15 is 0 Å². The van der Waals surface area contributed by atoms with Crippen LogP contribution in [0.2, 0.25) is 10.0 Å². The van der Waals surface area contributed by atoms with E-state index in [1.54, 1.807) is 36.4 Å². The number of aromatic hydroxyl groups is 1. The zero-order valence-corrected chi connectivity index (χ0v) is 14.6. The molecule has 0 atom stereocenters. The van der Waals surface area contributed by atoms with Gasteiger partial charge in [0, 0.05) is 15.6 Å². The molecule has 0 saturated carbocycles. The molecular formula is C16H9Cl2NO2S2. The first kappa shape index (κ1) is 16.3. The number of carbonyl (C=O) groups excluding carboxylic acids is 1. The monoisotopic (exact) mass is 381 g/mol. The molecule has 1 amide bonds. The number of nitrogens with zero attached hydrogens (tertiary/aromatic N) is 1. The topological polar surface area (TPSA) is 40.5 Å².